The Morgan fingerprint density at radius 1 is 1.37 bits per heavy atom. The fourth-order valence-corrected chi connectivity index (χ4v) is 2.46. The molecule has 1 fully saturated rings. The largest absolute Gasteiger partial charge is 0.382 e. The Labute approximate surface area is 111 Å². The second-order valence-electron chi connectivity index (χ2n) is 4.74. The third kappa shape index (κ3) is 2.31. The monoisotopic (exact) mass is 259 g/mol. The van der Waals surface area contributed by atoms with E-state index in [2.05, 4.69) is 19.9 Å². The topological polar surface area (TPSA) is 77.2 Å². The first-order chi connectivity index (χ1) is 9.28. The molecule has 0 saturated carbocycles. The van der Waals surface area contributed by atoms with Crippen LogP contribution in [0.5, 0.6) is 0 Å². The number of fused-ring (bicyclic) bond motifs is 1. The highest BCUT2D eigenvalue weighted by Crippen LogP contribution is 2.23. The van der Waals surface area contributed by atoms with Gasteiger partial charge in [0.25, 0.3) is 0 Å². The van der Waals surface area contributed by atoms with E-state index in [1.165, 1.54) is 6.33 Å². The van der Waals surface area contributed by atoms with Crippen LogP contribution in [0.1, 0.15) is 12.8 Å². The van der Waals surface area contributed by atoms with Crippen molar-refractivity contribution in [3.63, 3.8) is 0 Å². The summed E-state index contributed by atoms with van der Waals surface area (Å²) in [5.41, 5.74) is 7.29. The lowest BCUT2D eigenvalue weighted by atomic mass is 10.1. The molecule has 1 unspecified atom stereocenters. The van der Waals surface area contributed by atoms with Crippen molar-refractivity contribution in [3.05, 3.63) is 18.5 Å². The van der Waals surface area contributed by atoms with Crippen molar-refractivity contribution in [1.82, 2.24) is 15.0 Å². The summed E-state index contributed by atoms with van der Waals surface area (Å²) in [5, 5.41) is 0. The second kappa shape index (κ2) is 4.97. The predicted octanol–water partition coefficient (Wildman–Crippen LogP) is 1.22. The average Bonchev–Trinajstić information content (AvgIpc) is 2.47. The number of hydrogen-bond donors (Lipinski definition) is 1. The van der Waals surface area contributed by atoms with Crippen LogP contribution in [0.15, 0.2) is 18.5 Å². The van der Waals surface area contributed by atoms with Crippen molar-refractivity contribution in [2.24, 2.45) is 0 Å². The number of methoxy groups -OCH3 is 1. The lowest BCUT2D eigenvalue weighted by molar-refractivity contribution is 0.0891. The maximum Gasteiger partial charge on any atom is 0.153 e. The number of nitrogens with two attached hydrogens (primary N) is 1. The number of anilines is 2. The highest BCUT2D eigenvalue weighted by atomic mass is 16.5. The zero-order valence-electron chi connectivity index (χ0n) is 10.9. The molecule has 2 aromatic heterocycles. The van der Waals surface area contributed by atoms with Crippen LogP contribution in [0.4, 0.5) is 11.6 Å². The van der Waals surface area contributed by atoms with Gasteiger partial charge in [0, 0.05) is 20.2 Å². The number of nitrogens with zero attached hydrogens (tertiary/aromatic N) is 4. The van der Waals surface area contributed by atoms with Crippen LogP contribution in [0.2, 0.25) is 0 Å². The average molecular weight is 259 g/mol. The van der Waals surface area contributed by atoms with Crippen LogP contribution < -0.4 is 10.6 Å². The minimum absolute atomic E-state index is 0.274. The van der Waals surface area contributed by atoms with Gasteiger partial charge in [0.05, 0.1) is 11.6 Å². The van der Waals surface area contributed by atoms with Crippen molar-refractivity contribution < 1.29 is 4.74 Å². The number of rotatable bonds is 2. The molecule has 1 atom stereocenters. The minimum Gasteiger partial charge on any atom is -0.382 e. The van der Waals surface area contributed by atoms with Gasteiger partial charge in [0.2, 0.25) is 0 Å². The van der Waals surface area contributed by atoms with Crippen molar-refractivity contribution in [2.75, 3.05) is 30.8 Å². The molecule has 2 aromatic rings. The Kier molecular flexibility index (Phi) is 3.16. The Bertz CT molecular complexity index is 588. The fraction of sp³-hybridized carbons (Fsp3) is 0.462. The summed E-state index contributed by atoms with van der Waals surface area (Å²) >= 11 is 0. The van der Waals surface area contributed by atoms with Gasteiger partial charge in [-0.25, -0.2) is 15.0 Å². The summed E-state index contributed by atoms with van der Waals surface area (Å²) in [6.45, 7) is 1.86. The molecule has 0 amide bonds. The highest BCUT2D eigenvalue weighted by Gasteiger charge is 2.20. The molecule has 6 heteroatoms. The lowest BCUT2D eigenvalue weighted by Crippen LogP contribution is -2.39. The summed E-state index contributed by atoms with van der Waals surface area (Å²) in [4.78, 5) is 15.0. The summed E-state index contributed by atoms with van der Waals surface area (Å²) in [7, 11) is 1.76. The minimum atomic E-state index is 0.274. The molecule has 19 heavy (non-hydrogen) atoms. The molecule has 0 bridgehead atoms. The molecular weight excluding hydrogens is 242 g/mol. The zero-order valence-corrected chi connectivity index (χ0v) is 10.9. The maximum absolute atomic E-state index is 5.85. The molecule has 1 aliphatic rings. The van der Waals surface area contributed by atoms with Crippen molar-refractivity contribution in [2.45, 2.75) is 18.9 Å². The first-order valence-corrected chi connectivity index (χ1v) is 6.43. The Hall–Kier alpha value is -1.95. The molecule has 3 heterocycles. The van der Waals surface area contributed by atoms with E-state index in [0.717, 1.165) is 37.3 Å². The molecule has 1 aliphatic heterocycles. The van der Waals surface area contributed by atoms with Crippen molar-refractivity contribution >= 4 is 22.7 Å². The summed E-state index contributed by atoms with van der Waals surface area (Å²) in [6.07, 6.45) is 3.95. The number of piperidine rings is 1. The van der Waals surface area contributed by atoms with Crippen LogP contribution >= 0.6 is 0 Å². The van der Waals surface area contributed by atoms with E-state index in [-0.39, 0.29) is 6.10 Å². The fourth-order valence-electron chi connectivity index (χ4n) is 2.46. The van der Waals surface area contributed by atoms with E-state index >= 15 is 0 Å². The van der Waals surface area contributed by atoms with E-state index < -0.39 is 0 Å². The standard InChI is InChI=1S/C13H17N5O/c1-19-9-3-2-6-18(7-9)11-5-4-10-12(17-11)13(14)16-8-15-10/h4-5,8-9H,2-3,6-7H2,1H3,(H2,14,15,16). The van der Waals surface area contributed by atoms with Crippen LogP contribution in [0, 0.1) is 0 Å². The maximum atomic E-state index is 5.85. The Balaban J connectivity index is 1.94. The SMILES string of the molecule is COC1CCCN(c2ccc3ncnc(N)c3n2)C1. The number of nitrogen functional groups attached to an aromatic ring is 1. The number of pyridine rings is 1. The van der Waals surface area contributed by atoms with E-state index in [4.69, 9.17) is 10.5 Å². The van der Waals surface area contributed by atoms with Gasteiger partial charge in [-0.2, -0.15) is 0 Å². The molecule has 0 aliphatic carbocycles. The Morgan fingerprint density at radius 2 is 2.26 bits per heavy atom. The summed E-state index contributed by atoms with van der Waals surface area (Å²) in [5.74, 6) is 1.34. The summed E-state index contributed by atoms with van der Waals surface area (Å²) in [6, 6.07) is 3.92. The molecule has 1 saturated heterocycles. The van der Waals surface area contributed by atoms with Gasteiger partial charge >= 0.3 is 0 Å². The van der Waals surface area contributed by atoms with E-state index in [0.29, 0.717) is 11.3 Å². The third-order valence-corrected chi connectivity index (χ3v) is 3.53. The number of hydrogen-bond acceptors (Lipinski definition) is 6. The number of aromatic nitrogens is 3. The highest BCUT2D eigenvalue weighted by molar-refractivity contribution is 5.84. The molecule has 6 nitrogen and oxygen atoms in total. The zero-order chi connectivity index (χ0) is 13.2. The molecule has 100 valence electrons. The molecule has 0 radical (unpaired) electrons. The van der Waals surface area contributed by atoms with E-state index in [9.17, 15) is 0 Å². The second-order valence-corrected chi connectivity index (χ2v) is 4.74. The van der Waals surface area contributed by atoms with Crippen LogP contribution in [-0.2, 0) is 4.74 Å². The lowest BCUT2D eigenvalue weighted by Gasteiger charge is -2.32. The van der Waals surface area contributed by atoms with Crippen LogP contribution in [-0.4, -0.2) is 41.3 Å². The van der Waals surface area contributed by atoms with Crippen molar-refractivity contribution in [3.8, 4) is 0 Å². The van der Waals surface area contributed by atoms with Crippen LogP contribution in [0.3, 0.4) is 0 Å². The van der Waals surface area contributed by atoms with Gasteiger partial charge in [-0.1, -0.05) is 0 Å². The molecule has 0 spiro atoms. The van der Waals surface area contributed by atoms with Crippen LogP contribution in [0.25, 0.3) is 11.0 Å². The van der Waals surface area contributed by atoms with Gasteiger partial charge < -0.3 is 15.4 Å². The number of ether oxygens (including phenoxy) is 1. The molecule has 2 N–H and O–H groups in total. The smallest absolute Gasteiger partial charge is 0.153 e. The normalized spacial score (nSPS) is 19.8. The third-order valence-electron chi connectivity index (χ3n) is 3.53. The quantitative estimate of drug-likeness (QED) is 0.873. The predicted molar refractivity (Wildman–Crippen MR) is 74.0 cm³/mol. The first-order valence-electron chi connectivity index (χ1n) is 6.43. The van der Waals surface area contributed by atoms with E-state index in [1.54, 1.807) is 7.11 Å². The van der Waals surface area contributed by atoms with Gasteiger partial charge in [-0.3, -0.25) is 0 Å². The molecular formula is C13H17N5O. The molecule has 3 rings (SSSR count). The Morgan fingerprint density at radius 3 is 3.11 bits per heavy atom. The van der Waals surface area contributed by atoms with E-state index in [1.807, 2.05) is 12.1 Å². The van der Waals surface area contributed by atoms with Gasteiger partial charge in [0.15, 0.2) is 5.82 Å². The molecule has 0 aromatic carbocycles. The van der Waals surface area contributed by atoms with Gasteiger partial charge in [0.1, 0.15) is 17.7 Å². The summed E-state index contributed by atoms with van der Waals surface area (Å²) < 4.78 is 5.44. The first kappa shape index (κ1) is 12.1. The van der Waals surface area contributed by atoms with Gasteiger partial charge in [-0.15, -0.1) is 0 Å². The van der Waals surface area contributed by atoms with Crippen molar-refractivity contribution in [1.29, 1.82) is 0 Å². The van der Waals surface area contributed by atoms with Gasteiger partial charge in [-0.05, 0) is 25.0 Å².